The molecule has 1 saturated heterocycles. The number of hydrogen-bond acceptors (Lipinski definition) is 7. The summed E-state index contributed by atoms with van der Waals surface area (Å²) in [5.74, 6) is 5.67. The van der Waals surface area contributed by atoms with Crippen molar-refractivity contribution in [2.75, 3.05) is 30.3 Å². The summed E-state index contributed by atoms with van der Waals surface area (Å²) >= 11 is 1.09. The van der Waals surface area contributed by atoms with Crippen LogP contribution in [0.25, 0.3) is 10.1 Å². The molecule has 2 heterocycles. The molecule has 1 fully saturated rings. The van der Waals surface area contributed by atoms with Crippen LogP contribution in [0.2, 0.25) is 0 Å². The van der Waals surface area contributed by atoms with Crippen molar-refractivity contribution in [2.24, 2.45) is 5.14 Å². The van der Waals surface area contributed by atoms with Gasteiger partial charge in [0, 0.05) is 12.2 Å². The molecule has 43 heavy (non-hydrogen) atoms. The minimum Gasteiger partial charge on any atom is -0.444 e. The Hall–Kier alpha value is -3.54. The highest BCUT2D eigenvalue weighted by molar-refractivity contribution is 7.89. The molecule has 3 aromatic rings. The van der Waals surface area contributed by atoms with Crippen molar-refractivity contribution < 1.29 is 35.5 Å². The first-order valence-electron chi connectivity index (χ1n) is 13.4. The number of anilines is 2. The molecule has 2 atom stereocenters. The van der Waals surface area contributed by atoms with Crippen LogP contribution in [0.15, 0.2) is 47.4 Å². The van der Waals surface area contributed by atoms with Gasteiger partial charge in [-0.1, -0.05) is 24.0 Å². The second-order valence-corrected chi connectivity index (χ2v) is 13.7. The Kier molecular flexibility index (Phi) is 9.48. The van der Waals surface area contributed by atoms with Gasteiger partial charge in [-0.25, -0.2) is 22.7 Å². The van der Waals surface area contributed by atoms with E-state index in [-0.39, 0.29) is 41.4 Å². The maximum absolute atomic E-state index is 15.2. The molecule has 14 heteroatoms. The zero-order chi connectivity index (χ0) is 31.6. The molecule has 1 aliphatic rings. The van der Waals surface area contributed by atoms with Crippen LogP contribution in [-0.2, 0) is 21.2 Å². The Balaban J connectivity index is 1.52. The summed E-state index contributed by atoms with van der Waals surface area (Å²) in [6.07, 6.45) is -7.38. The SMILES string of the molecule is CC(C)(C)OC(=O)N1CCC(Nc2cccc3c(CC(F)(F)F)c(C#CCNc4ccc(S(N)(=O)=O)cc4)sc23)C(F)C1. The smallest absolute Gasteiger partial charge is 0.410 e. The average Bonchev–Trinajstić information content (AvgIpc) is 3.23. The minimum atomic E-state index is -4.48. The maximum atomic E-state index is 15.2. The van der Waals surface area contributed by atoms with Crippen molar-refractivity contribution in [3.8, 4) is 11.8 Å². The van der Waals surface area contributed by atoms with Crippen LogP contribution >= 0.6 is 11.3 Å². The quantitative estimate of drug-likeness (QED) is 0.229. The van der Waals surface area contributed by atoms with Gasteiger partial charge in [-0.3, -0.25) is 0 Å². The summed E-state index contributed by atoms with van der Waals surface area (Å²) in [6.45, 7) is 5.37. The number of thiophene rings is 1. The molecule has 0 radical (unpaired) electrons. The molecule has 1 amide bonds. The van der Waals surface area contributed by atoms with E-state index in [1.807, 2.05) is 0 Å². The first-order valence-corrected chi connectivity index (χ1v) is 15.7. The summed E-state index contributed by atoms with van der Waals surface area (Å²) in [4.78, 5) is 13.9. The number of hydrogen-bond donors (Lipinski definition) is 3. The Morgan fingerprint density at radius 2 is 1.86 bits per heavy atom. The van der Waals surface area contributed by atoms with E-state index in [2.05, 4.69) is 22.5 Å². The largest absolute Gasteiger partial charge is 0.444 e. The van der Waals surface area contributed by atoms with E-state index >= 15 is 4.39 Å². The average molecular weight is 641 g/mol. The summed E-state index contributed by atoms with van der Waals surface area (Å²) in [5, 5.41) is 11.6. The molecule has 0 bridgehead atoms. The summed E-state index contributed by atoms with van der Waals surface area (Å²) in [5.41, 5.74) is 0.376. The Morgan fingerprint density at radius 3 is 2.47 bits per heavy atom. The number of ether oxygens (including phenoxy) is 1. The normalized spacial score (nSPS) is 17.7. The standard InChI is InChI=1S/C29H32F4N4O4S2/c1-28(2,3)41-27(38)37-15-13-23(22(30)17-37)36-24-7-4-6-20-21(16-29(31,32)33)25(42-26(20)24)8-5-14-35-18-9-11-19(12-10-18)43(34,39)40/h4,6-7,9-12,22-23,35-36H,13-17H2,1-3H3,(H2,34,39,40). The number of rotatable bonds is 6. The molecule has 1 aromatic heterocycles. The molecule has 0 saturated carbocycles. The molecule has 8 nitrogen and oxygen atoms in total. The van der Waals surface area contributed by atoms with Gasteiger partial charge in [0.1, 0.15) is 11.8 Å². The number of carbonyl (C=O) groups is 1. The molecular weight excluding hydrogens is 608 g/mol. The van der Waals surface area contributed by atoms with E-state index in [0.717, 1.165) is 11.3 Å². The number of primary sulfonamides is 1. The number of carbonyl (C=O) groups excluding carboxylic acids is 1. The molecule has 4 rings (SSSR count). The zero-order valence-electron chi connectivity index (χ0n) is 23.7. The lowest BCUT2D eigenvalue weighted by atomic mass is 10.0. The topological polar surface area (TPSA) is 114 Å². The van der Waals surface area contributed by atoms with E-state index in [4.69, 9.17) is 9.88 Å². The Labute approximate surface area is 251 Å². The van der Waals surface area contributed by atoms with Gasteiger partial charge in [-0.2, -0.15) is 13.2 Å². The number of nitrogens with zero attached hydrogens (tertiary/aromatic N) is 1. The van der Waals surface area contributed by atoms with Gasteiger partial charge in [0.2, 0.25) is 10.0 Å². The number of benzene rings is 2. The highest BCUT2D eigenvalue weighted by atomic mass is 32.2. The summed E-state index contributed by atoms with van der Waals surface area (Å²) in [6, 6.07) is 9.90. The third kappa shape index (κ3) is 8.75. The van der Waals surface area contributed by atoms with E-state index in [9.17, 15) is 26.4 Å². The lowest BCUT2D eigenvalue weighted by molar-refractivity contribution is -0.126. The number of nitrogens with two attached hydrogens (primary N) is 1. The minimum absolute atomic E-state index is 0.0395. The van der Waals surface area contributed by atoms with Crippen molar-refractivity contribution >= 4 is 48.9 Å². The van der Waals surface area contributed by atoms with Crippen molar-refractivity contribution in [1.82, 2.24) is 4.90 Å². The first kappa shape index (κ1) is 32.4. The zero-order valence-corrected chi connectivity index (χ0v) is 25.4. The fourth-order valence-electron chi connectivity index (χ4n) is 4.55. The van der Waals surface area contributed by atoms with Crippen LogP contribution in [0.3, 0.4) is 0 Å². The van der Waals surface area contributed by atoms with Crippen LogP contribution in [0, 0.1) is 11.8 Å². The predicted octanol–water partition coefficient (Wildman–Crippen LogP) is 5.88. The molecule has 1 aliphatic heterocycles. The van der Waals surface area contributed by atoms with Gasteiger partial charge < -0.3 is 20.3 Å². The number of nitrogens with one attached hydrogen (secondary N) is 2. The number of piperidine rings is 1. The molecular formula is C29H32F4N4O4S2. The van der Waals surface area contributed by atoms with Crippen LogP contribution in [0.4, 0.5) is 33.7 Å². The van der Waals surface area contributed by atoms with Crippen molar-refractivity contribution in [3.05, 3.63) is 52.9 Å². The van der Waals surface area contributed by atoms with E-state index in [1.165, 1.54) is 29.2 Å². The van der Waals surface area contributed by atoms with E-state index in [0.29, 0.717) is 21.5 Å². The van der Waals surface area contributed by atoms with Crippen molar-refractivity contribution in [2.45, 2.75) is 62.5 Å². The van der Waals surface area contributed by atoms with Gasteiger partial charge in [0.15, 0.2) is 0 Å². The predicted molar refractivity (Wildman–Crippen MR) is 159 cm³/mol. The van der Waals surface area contributed by atoms with Gasteiger partial charge >= 0.3 is 12.3 Å². The van der Waals surface area contributed by atoms with Crippen molar-refractivity contribution in [3.63, 3.8) is 0 Å². The van der Waals surface area contributed by atoms with Gasteiger partial charge in [0.25, 0.3) is 0 Å². The highest BCUT2D eigenvalue weighted by Crippen LogP contribution is 2.39. The number of amides is 1. The lowest BCUT2D eigenvalue weighted by Crippen LogP contribution is -2.51. The van der Waals surface area contributed by atoms with Crippen LogP contribution in [0.1, 0.15) is 37.6 Å². The van der Waals surface area contributed by atoms with E-state index < -0.39 is 46.5 Å². The van der Waals surface area contributed by atoms with Crippen LogP contribution < -0.4 is 15.8 Å². The summed E-state index contributed by atoms with van der Waals surface area (Å²) in [7, 11) is -3.83. The Bertz CT molecular complexity index is 1640. The number of halogens is 4. The second kappa shape index (κ2) is 12.6. The monoisotopic (exact) mass is 640 g/mol. The number of alkyl halides is 4. The number of fused-ring (bicyclic) bond motifs is 1. The third-order valence-electron chi connectivity index (χ3n) is 6.50. The van der Waals surface area contributed by atoms with Crippen LogP contribution in [-0.4, -0.2) is 63.0 Å². The molecule has 0 spiro atoms. The van der Waals surface area contributed by atoms with Gasteiger partial charge in [-0.15, -0.1) is 11.3 Å². The fourth-order valence-corrected chi connectivity index (χ4v) is 6.24. The lowest BCUT2D eigenvalue weighted by Gasteiger charge is -2.36. The van der Waals surface area contributed by atoms with Crippen molar-refractivity contribution in [1.29, 1.82) is 0 Å². The van der Waals surface area contributed by atoms with Crippen LogP contribution in [0.5, 0.6) is 0 Å². The fraction of sp³-hybridized carbons (Fsp3) is 0.414. The summed E-state index contributed by atoms with van der Waals surface area (Å²) < 4.78 is 84.6. The maximum Gasteiger partial charge on any atom is 0.410 e. The van der Waals surface area contributed by atoms with Gasteiger partial charge in [0.05, 0.1) is 45.7 Å². The highest BCUT2D eigenvalue weighted by Gasteiger charge is 2.35. The van der Waals surface area contributed by atoms with E-state index in [1.54, 1.807) is 39.0 Å². The third-order valence-corrected chi connectivity index (χ3v) is 8.62. The molecule has 0 aliphatic carbocycles. The van der Waals surface area contributed by atoms with Gasteiger partial charge in [-0.05, 0) is 68.5 Å². The number of likely N-dealkylation sites (tertiary alicyclic amines) is 1. The molecule has 2 aromatic carbocycles. The molecule has 4 N–H and O–H groups in total. The molecule has 2 unspecified atom stereocenters. The first-order chi connectivity index (χ1) is 20.0. The molecule has 232 valence electrons. The Morgan fingerprint density at radius 1 is 1.16 bits per heavy atom. The second-order valence-electron chi connectivity index (χ2n) is 11.1. The number of sulfonamides is 1.